The second-order valence-electron chi connectivity index (χ2n) is 11.3. The van der Waals surface area contributed by atoms with Gasteiger partial charge in [-0.05, 0) is 95.4 Å². The first-order valence-corrected chi connectivity index (χ1v) is 11.5. The standard InChI is InChI=1S/C23H34N4O3/c1-13(26-3)20(29)30-23-8-14-4-15(9-23)7-22(6-14,12-23)18(25)19(28)27-17(11-24)5-16-10-21(16,27)2/h13-18,26H,4-10,12,25H2,1-3H3. The van der Waals surface area contributed by atoms with E-state index >= 15 is 0 Å². The number of nitrogens with zero attached hydrogens (tertiary/aromatic N) is 2. The van der Waals surface area contributed by atoms with Gasteiger partial charge in [-0.25, -0.2) is 0 Å². The van der Waals surface area contributed by atoms with Crippen molar-refractivity contribution >= 4 is 11.9 Å². The van der Waals surface area contributed by atoms with E-state index < -0.39 is 11.6 Å². The number of rotatable bonds is 5. The van der Waals surface area contributed by atoms with Crippen molar-refractivity contribution in [2.24, 2.45) is 28.9 Å². The molecule has 0 spiro atoms. The molecule has 3 N–H and O–H groups in total. The molecule has 0 radical (unpaired) electrons. The third-order valence-corrected chi connectivity index (χ3v) is 9.22. The number of nitrogens with two attached hydrogens (primary N) is 1. The maximum Gasteiger partial charge on any atom is 0.323 e. The highest BCUT2D eigenvalue weighted by Crippen LogP contribution is 2.65. The fourth-order valence-electron chi connectivity index (χ4n) is 7.88. The maximum atomic E-state index is 13.7. The summed E-state index contributed by atoms with van der Waals surface area (Å²) in [4.78, 5) is 28.1. The number of nitrogens with one attached hydrogen (secondary N) is 1. The lowest BCUT2D eigenvalue weighted by molar-refractivity contribution is -0.207. The summed E-state index contributed by atoms with van der Waals surface area (Å²) >= 11 is 0. The van der Waals surface area contributed by atoms with Crippen LogP contribution in [0.5, 0.6) is 0 Å². The van der Waals surface area contributed by atoms with E-state index in [0.717, 1.165) is 44.9 Å². The zero-order valence-electron chi connectivity index (χ0n) is 18.3. The molecule has 1 aliphatic heterocycles. The number of esters is 1. The minimum absolute atomic E-state index is 0.0592. The molecule has 164 valence electrons. The Bertz CT molecular complexity index is 808. The van der Waals surface area contributed by atoms with Gasteiger partial charge in [-0.1, -0.05) is 0 Å². The molecule has 1 saturated heterocycles. The molecule has 6 rings (SSSR count). The Balaban J connectivity index is 1.41. The molecule has 5 saturated carbocycles. The molecule has 0 aromatic carbocycles. The molecular formula is C23H34N4O3. The third-order valence-electron chi connectivity index (χ3n) is 9.22. The van der Waals surface area contributed by atoms with Crippen molar-refractivity contribution in [1.29, 1.82) is 5.26 Å². The number of nitriles is 1. The van der Waals surface area contributed by atoms with Crippen LogP contribution in [0.3, 0.4) is 0 Å². The molecular weight excluding hydrogens is 380 g/mol. The Morgan fingerprint density at radius 1 is 1.20 bits per heavy atom. The number of hydrogen-bond donors (Lipinski definition) is 2. The Hall–Kier alpha value is -1.65. The van der Waals surface area contributed by atoms with Crippen LogP contribution in [0.15, 0.2) is 0 Å². The van der Waals surface area contributed by atoms with Crippen molar-refractivity contribution in [1.82, 2.24) is 10.2 Å². The van der Waals surface area contributed by atoms with Gasteiger partial charge < -0.3 is 20.7 Å². The second kappa shape index (κ2) is 6.43. The normalized spacial score (nSPS) is 47.4. The molecule has 6 aliphatic rings. The van der Waals surface area contributed by atoms with E-state index in [1.807, 2.05) is 11.8 Å². The van der Waals surface area contributed by atoms with E-state index in [4.69, 9.17) is 10.5 Å². The van der Waals surface area contributed by atoms with Gasteiger partial charge in [0, 0.05) is 5.54 Å². The average Bonchev–Trinajstić information content (AvgIpc) is 3.25. The van der Waals surface area contributed by atoms with Gasteiger partial charge in [0.25, 0.3) is 0 Å². The smallest absolute Gasteiger partial charge is 0.323 e. The number of piperidine rings is 1. The van der Waals surface area contributed by atoms with Gasteiger partial charge in [0.05, 0.1) is 12.1 Å². The van der Waals surface area contributed by atoms with Crippen molar-refractivity contribution < 1.29 is 14.3 Å². The topological polar surface area (TPSA) is 108 Å². The van der Waals surface area contributed by atoms with Crippen LogP contribution >= 0.6 is 0 Å². The average molecular weight is 415 g/mol. The lowest BCUT2D eigenvalue weighted by Gasteiger charge is -2.62. The number of ether oxygens (including phenoxy) is 1. The predicted octanol–water partition coefficient (Wildman–Crippen LogP) is 1.71. The third kappa shape index (κ3) is 2.76. The number of hydrogen-bond acceptors (Lipinski definition) is 6. The first-order valence-electron chi connectivity index (χ1n) is 11.5. The van der Waals surface area contributed by atoms with Crippen LogP contribution in [0, 0.1) is 34.5 Å². The van der Waals surface area contributed by atoms with Gasteiger partial charge in [0.1, 0.15) is 17.7 Å². The van der Waals surface area contributed by atoms with E-state index in [-0.39, 0.29) is 34.9 Å². The van der Waals surface area contributed by atoms with Crippen LogP contribution in [0.2, 0.25) is 0 Å². The van der Waals surface area contributed by atoms with E-state index in [9.17, 15) is 14.9 Å². The Kier molecular flexibility index (Phi) is 4.34. The first-order chi connectivity index (χ1) is 14.2. The summed E-state index contributed by atoms with van der Waals surface area (Å²) in [6.45, 7) is 3.91. The summed E-state index contributed by atoms with van der Waals surface area (Å²) in [6, 6.07) is 0.999. The van der Waals surface area contributed by atoms with Crippen molar-refractivity contribution in [3.8, 4) is 6.07 Å². The molecule has 30 heavy (non-hydrogen) atoms. The monoisotopic (exact) mass is 414 g/mol. The highest BCUT2D eigenvalue weighted by Gasteiger charge is 2.67. The molecule has 1 amide bonds. The Morgan fingerprint density at radius 2 is 1.87 bits per heavy atom. The number of likely N-dealkylation sites (N-methyl/N-ethyl adjacent to an activating group) is 1. The summed E-state index contributed by atoms with van der Waals surface area (Å²) in [5, 5.41) is 12.6. The zero-order valence-corrected chi connectivity index (χ0v) is 18.3. The highest BCUT2D eigenvalue weighted by atomic mass is 16.6. The lowest BCUT2D eigenvalue weighted by atomic mass is 9.46. The Morgan fingerprint density at radius 3 is 2.47 bits per heavy atom. The van der Waals surface area contributed by atoms with Gasteiger partial charge in [-0.3, -0.25) is 9.59 Å². The molecule has 7 nitrogen and oxygen atoms in total. The van der Waals surface area contributed by atoms with Crippen molar-refractivity contribution in [3.05, 3.63) is 0 Å². The predicted molar refractivity (Wildman–Crippen MR) is 110 cm³/mol. The molecule has 1 heterocycles. The van der Waals surface area contributed by atoms with Crippen LogP contribution in [0.4, 0.5) is 0 Å². The van der Waals surface area contributed by atoms with Gasteiger partial charge in [-0.15, -0.1) is 0 Å². The van der Waals surface area contributed by atoms with Crippen LogP contribution in [0.1, 0.15) is 65.2 Å². The summed E-state index contributed by atoms with van der Waals surface area (Å²) in [5.74, 6) is 1.07. The van der Waals surface area contributed by atoms with E-state index in [1.165, 1.54) is 0 Å². The lowest BCUT2D eigenvalue weighted by Crippen LogP contribution is -2.66. The fourth-order valence-corrected chi connectivity index (χ4v) is 7.88. The number of carbonyl (C=O) groups excluding carboxylic acids is 2. The molecule has 7 unspecified atom stereocenters. The minimum atomic E-state index is -0.629. The minimum Gasteiger partial charge on any atom is -0.458 e. The van der Waals surface area contributed by atoms with Crippen LogP contribution in [-0.4, -0.2) is 53.1 Å². The van der Waals surface area contributed by atoms with Gasteiger partial charge in [0.15, 0.2) is 0 Å². The molecule has 7 atom stereocenters. The van der Waals surface area contributed by atoms with Crippen molar-refractivity contribution in [3.63, 3.8) is 0 Å². The van der Waals surface area contributed by atoms with Crippen LogP contribution in [-0.2, 0) is 14.3 Å². The quantitative estimate of drug-likeness (QED) is 0.663. The molecule has 4 bridgehead atoms. The SMILES string of the molecule is CNC(C)C(=O)OC12CC3CC(C1)CC(C(N)C(=O)N1C(C#N)CC4CC41C)(C3)C2. The Labute approximate surface area is 178 Å². The number of fused-ring (bicyclic) bond motifs is 1. The van der Waals surface area contributed by atoms with Gasteiger partial charge in [0.2, 0.25) is 5.91 Å². The van der Waals surface area contributed by atoms with Crippen molar-refractivity contribution in [2.45, 2.75) is 94.5 Å². The maximum absolute atomic E-state index is 13.7. The fraction of sp³-hybridized carbons (Fsp3) is 0.870. The molecule has 6 fully saturated rings. The second-order valence-corrected chi connectivity index (χ2v) is 11.3. The molecule has 5 aliphatic carbocycles. The van der Waals surface area contributed by atoms with Crippen LogP contribution < -0.4 is 11.1 Å². The number of carbonyl (C=O) groups is 2. The van der Waals surface area contributed by atoms with Gasteiger partial charge >= 0.3 is 5.97 Å². The molecule has 0 aromatic rings. The summed E-state index contributed by atoms with van der Waals surface area (Å²) < 4.78 is 6.14. The van der Waals surface area contributed by atoms with E-state index in [1.54, 1.807) is 7.05 Å². The number of likely N-dealkylation sites (tertiary alicyclic amines) is 1. The summed E-state index contributed by atoms with van der Waals surface area (Å²) in [5.41, 5.74) is 5.77. The largest absolute Gasteiger partial charge is 0.458 e. The summed E-state index contributed by atoms with van der Waals surface area (Å²) in [6.07, 6.45) is 7.21. The van der Waals surface area contributed by atoms with Crippen LogP contribution in [0.25, 0.3) is 0 Å². The highest BCUT2D eigenvalue weighted by molar-refractivity contribution is 5.85. The molecule has 7 heteroatoms. The van der Waals surface area contributed by atoms with Crippen molar-refractivity contribution in [2.75, 3.05) is 7.05 Å². The zero-order chi connectivity index (χ0) is 21.5. The molecule has 0 aromatic heterocycles. The van der Waals surface area contributed by atoms with E-state index in [0.29, 0.717) is 24.2 Å². The number of amides is 1. The first kappa shape index (κ1) is 20.3. The summed E-state index contributed by atoms with van der Waals surface area (Å²) in [7, 11) is 1.76. The van der Waals surface area contributed by atoms with Gasteiger partial charge in [-0.2, -0.15) is 5.26 Å². The van der Waals surface area contributed by atoms with E-state index in [2.05, 4.69) is 18.3 Å².